The number of nitrogens with zero attached hydrogens (tertiary/aromatic N) is 6. The normalized spacial score (nSPS) is 17.4. The molecule has 9 N–H and O–H groups in total. The molecule has 4 atom stereocenters. The number of benzene rings is 1. The third-order valence-corrected chi connectivity index (χ3v) is 8.12. The number of carbonyl (C=O) groups is 3. The number of fused-ring (bicyclic) bond motifs is 1. The number of rotatable bonds is 14. The van der Waals surface area contributed by atoms with E-state index in [4.69, 9.17) is 20.9 Å². The van der Waals surface area contributed by atoms with Crippen molar-refractivity contribution in [1.82, 2.24) is 35.2 Å². The Kier molecular flexibility index (Phi) is 11.0. The Labute approximate surface area is 290 Å². The number of anilines is 4. The van der Waals surface area contributed by atoms with Crippen molar-refractivity contribution in [2.45, 2.75) is 64.1 Å². The molecule has 1 saturated heterocycles. The maximum atomic E-state index is 12.9. The third-order valence-electron chi connectivity index (χ3n) is 8.12. The van der Waals surface area contributed by atoms with Gasteiger partial charge in [0.1, 0.15) is 30.3 Å². The lowest BCUT2D eigenvalue weighted by Crippen LogP contribution is -2.41. The van der Waals surface area contributed by atoms with Crippen LogP contribution in [0.3, 0.4) is 0 Å². The van der Waals surface area contributed by atoms with Crippen LogP contribution in [0, 0.1) is 13.8 Å². The summed E-state index contributed by atoms with van der Waals surface area (Å²) in [4.78, 5) is 74.5. The van der Waals surface area contributed by atoms with Gasteiger partial charge in [-0.15, -0.1) is 0 Å². The number of nitrogens with one attached hydrogen (secondary N) is 3. The zero-order valence-corrected chi connectivity index (χ0v) is 27.7. The van der Waals surface area contributed by atoms with Crippen molar-refractivity contribution in [2.24, 2.45) is 0 Å². The minimum atomic E-state index is -1.39. The minimum absolute atomic E-state index is 0.0401. The van der Waals surface area contributed by atoms with E-state index in [-0.39, 0.29) is 54.4 Å². The van der Waals surface area contributed by atoms with Crippen molar-refractivity contribution in [1.29, 1.82) is 0 Å². The first-order valence-electron chi connectivity index (χ1n) is 15.7. The molecule has 0 saturated carbocycles. The topological polar surface area (TPSA) is 287 Å². The number of aliphatic hydroxyl groups excluding tert-OH is 1. The first-order valence-corrected chi connectivity index (χ1v) is 15.7. The number of hydrogen-bond donors (Lipinski definition) is 7. The van der Waals surface area contributed by atoms with Gasteiger partial charge in [-0.05, 0) is 44.5 Å². The van der Waals surface area contributed by atoms with Gasteiger partial charge in [0, 0.05) is 41.5 Å². The van der Waals surface area contributed by atoms with Crippen LogP contribution < -0.4 is 32.6 Å². The molecule has 19 nitrogen and oxygen atoms in total. The Hall–Kier alpha value is -6.21. The Balaban J connectivity index is 1.13. The van der Waals surface area contributed by atoms with Gasteiger partial charge in [-0.3, -0.25) is 19.4 Å². The van der Waals surface area contributed by atoms with Crippen molar-refractivity contribution < 1.29 is 34.1 Å². The second kappa shape index (κ2) is 15.6. The summed E-state index contributed by atoms with van der Waals surface area (Å²) < 4.78 is 11.5. The van der Waals surface area contributed by atoms with E-state index in [1.807, 2.05) is 6.92 Å². The summed E-state index contributed by atoms with van der Waals surface area (Å²) in [5, 5.41) is 25.2. The summed E-state index contributed by atoms with van der Waals surface area (Å²) >= 11 is 0. The summed E-state index contributed by atoms with van der Waals surface area (Å²) in [5.74, 6) is -2.29. The standard InChI is InChI=1S/C32H37N11O8/c1-4-43(27-15(2)16(3)37-31(33)41-27)23-11-21(22(14-44)50-23)51-24(45)10-9-20(30(48)49)39-28(46)17-5-7-18(8-6-17)35-12-19-13-36-26-25(38-19)29(47)42-32(34)40-26/h4-8,13,20-23,35,44H,1,9-12,14H2,2-3H3,(H,39,46)(H,48,49)(H2,33,37,41)(H3,34,36,40,42,47)/t20-,21?,22?,23+/m0/s1. The molecule has 0 bridgehead atoms. The number of carboxylic acids is 1. The monoisotopic (exact) mass is 703 g/mol. The number of aliphatic hydroxyl groups is 1. The fraction of sp³-hybridized carbons (Fsp3) is 0.344. The number of carboxylic acid groups (broad SMARTS) is 1. The van der Waals surface area contributed by atoms with Gasteiger partial charge in [0.25, 0.3) is 11.5 Å². The summed E-state index contributed by atoms with van der Waals surface area (Å²) in [6, 6.07) is 4.80. The number of nitrogens with two attached hydrogens (primary N) is 2. The van der Waals surface area contributed by atoms with E-state index in [0.29, 0.717) is 22.9 Å². The van der Waals surface area contributed by atoms with Crippen LogP contribution in [0.4, 0.5) is 23.4 Å². The molecule has 4 heterocycles. The van der Waals surface area contributed by atoms with E-state index in [9.17, 15) is 29.4 Å². The van der Waals surface area contributed by atoms with Crippen LogP contribution in [0.5, 0.6) is 0 Å². The first kappa shape index (κ1) is 36.1. The molecular weight excluding hydrogens is 666 g/mol. The molecule has 1 amide bonds. The summed E-state index contributed by atoms with van der Waals surface area (Å²) in [6.07, 6.45) is 0.0803. The SMILES string of the molecule is C=CN(c1nc(N)nc(C)c1C)[C@H]1CC(OC(=O)CC[C@H](NC(=O)c2ccc(NCc3cnc4nc(N)[nH]c(=O)c4n3)cc2)C(=O)O)C(CO)O1. The van der Waals surface area contributed by atoms with E-state index >= 15 is 0 Å². The summed E-state index contributed by atoms with van der Waals surface area (Å²) in [7, 11) is 0. The second-order valence-corrected chi connectivity index (χ2v) is 11.6. The number of ether oxygens (including phenoxy) is 2. The fourth-order valence-electron chi connectivity index (χ4n) is 5.36. The van der Waals surface area contributed by atoms with Gasteiger partial charge in [-0.2, -0.15) is 9.97 Å². The minimum Gasteiger partial charge on any atom is -0.480 e. The highest BCUT2D eigenvalue weighted by Crippen LogP contribution is 2.31. The van der Waals surface area contributed by atoms with Gasteiger partial charge in [0.05, 0.1) is 25.0 Å². The number of nitrogen functional groups attached to an aromatic ring is 2. The van der Waals surface area contributed by atoms with Gasteiger partial charge in [-0.25, -0.2) is 19.7 Å². The van der Waals surface area contributed by atoms with Crippen molar-refractivity contribution in [3.63, 3.8) is 0 Å². The quantitative estimate of drug-likeness (QED) is 0.0881. The van der Waals surface area contributed by atoms with Crippen molar-refractivity contribution >= 4 is 52.4 Å². The highest BCUT2D eigenvalue weighted by molar-refractivity contribution is 5.97. The Bertz CT molecular complexity index is 2010. The molecule has 3 aromatic heterocycles. The van der Waals surface area contributed by atoms with Crippen LogP contribution in [0.1, 0.15) is 46.6 Å². The molecular formula is C32H37N11O8. The second-order valence-electron chi connectivity index (χ2n) is 11.6. The fourth-order valence-corrected chi connectivity index (χ4v) is 5.36. The maximum absolute atomic E-state index is 12.9. The molecule has 0 spiro atoms. The van der Waals surface area contributed by atoms with Gasteiger partial charge in [0.2, 0.25) is 11.9 Å². The smallest absolute Gasteiger partial charge is 0.326 e. The Morgan fingerprint density at radius 3 is 2.61 bits per heavy atom. The zero-order valence-electron chi connectivity index (χ0n) is 27.7. The molecule has 268 valence electrons. The molecule has 0 aliphatic carbocycles. The van der Waals surface area contributed by atoms with Crippen LogP contribution >= 0.6 is 0 Å². The lowest BCUT2D eigenvalue weighted by Gasteiger charge is -2.27. The van der Waals surface area contributed by atoms with Crippen molar-refractivity contribution in [3.05, 3.63) is 76.1 Å². The number of carbonyl (C=O) groups excluding carboxylic acids is 2. The van der Waals surface area contributed by atoms with Crippen LogP contribution in [0.2, 0.25) is 0 Å². The molecule has 19 heteroatoms. The molecule has 4 aromatic rings. The number of hydrogen-bond acceptors (Lipinski definition) is 16. The van der Waals surface area contributed by atoms with Crippen LogP contribution in [0.25, 0.3) is 11.2 Å². The largest absolute Gasteiger partial charge is 0.480 e. The van der Waals surface area contributed by atoms with Crippen LogP contribution in [-0.4, -0.2) is 89.0 Å². The van der Waals surface area contributed by atoms with E-state index in [1.165, 1.54) is 24.5 Å². The number of aromatic nitrogens is 6. The van der Waals surface area contributed by atoms with E-state index in [1.54, 1.807) is 24.0 Å². The first-order chi connectivity index (χ1) is 24.4. The van der Waals surface area contributed by atoms with Gasteiger partial charge < -0.3 is 46.7 Å². The molecule has 51 heavy (non-hydrogen) atoms. The predicted molar refractivity (Wildman–Crippen MR) is 183 cm³/mol. The molecule has 2 unspecified atom stereocenters. The molecule has 1 aliphatic heterocycles. The molecule has 0 radical (unpaired) electrons. The highest BCUT2D eigenvalue weighted by atomic mass is 16.6. The van der Waals surface area contributed by atoms with Gasteiger partial charge >= 0.3 is 11.9 Å². The van der Waals surface area contributed by atoms with Gasteiger partial charge in [0.15, 0.2) is 11.2 Å². The van der Waals surface area contributed by atoms with E-state index < -0.39 is 54.5 Å². The molecule has 1 fully saturated rings. The predicted octanol–water partition coefficient (Wildman–Crippen LogP) is 0.529. The lowest BCUT2D eigenvalue weighted by molar-refractivity contribution is -0.153. The summed E-state index contributed by atoms with van der Waals surface area (Å²) in [5.41, 5.74) is 13.7. The van der Waals surface area contributed by atoms with Crippen LogP contribution in [0.15, 0.2) is 48.0 Å². The Morgan fingerprint density at radius 2 is 1.92 bits per heavy atom. The Morgan fingerprint density at radius 1 is 1.18 bits per heavy atom. The lowest BCUT2D eigenvalue weighted by atomic mass is 10.1. The average molecular weight is 704 g/mol. The van der Waals surface area contributed by atoms with Crippen molar-refractivity contribution in [3.8, 4) is 0 Å². The third kappa shape index (κ3) is 8.51. The van der Waals surface area contributed by atoms with E-state index in [0.717, 1.165) is 5.56 Å². The number of H-pyrrole nitrogens is 1. The number of amides is 1. The molecule has 1 aromatic carbocycles. The number of aryl methyl sites for hydroxylation is 1. The summed E-state index contributed by atoms with van der Waals surface area (Å²) in [6.45, 7) is 7.18. The average Bonchev–Trinajstić information content (AvgIpc) is 3.50. The number of aromatic amines is 1. The number of aliphatic carboxylic acids is 1. The van der Waals surface area contributed by atoms with Crippen LogP contribution in [-0.2, 0) is 25.6 Å². The zero-order chi connectivity index (χ0) is 36.8. The molecule has 1 aliphatic rings. The van der Waals surface area contributed by atoms with Gasteiger partial charge in [-0.1, -0.05) is 6.58 Å². The van der Waals surface area contributed by atoms with Crippen molar-refractivity contribution in [2.75, 3.05) is 28.3 Å². The van der Waals surface area contributed by atoms with E-state index in [2.05, 4.69) is 47.1 Å². The maximum Gasteiger partial charge on any atom is 0.326 e. The molecule has 5 rings (SSSR count). The number of esters is 1. The highest BCUT2D eigenvalue weighted by Gasteiger charge is 2.41.